The van der Waals surface area contributed by atoms with Crippen LogP contribution in [0, 0.1) is 18.6 Å². The summed E-state index contributed by atoms with van der Waals surface area (Å²) in [5, 5.41) is 5.57. The molecule has 0 fully saturated rings. The molecule has 2 aromatic rings. The molecule has 0 saturated heterocycles. The summed E-state index contributed by atoms with van der Waals surface area (Å²) in [6.07, 6.45) is 0. The van der Waals surface area contributed by atoms with Gasteiger partial charge in [-0.15, -0.1) is 11.3 Å². The molecule has 0 aliphatic carbocycles. The Bertz CT molecular complexity index is 505. The van der Waals surface area contributed by atoms with E-state index in [0.29, 0.717) is 5.69 Å². The van der Waals surface area contributed by atoms with E-state index in [1.165, 1.54) is 29.5 Å². The lowest BCUT2D eigenvalue weighted by molar-refractivity contribution is 0.518. The maximum absolute atomic E-state index is 13.7. The molecule has 0 bridgehead atoms. The molecule has 0 spiro atoms. The van der Waals surface area contributed by atoms with Crippen LogP contribution in [0.4, 0.5) is 8.78 Å². The first-order valence-electron chi connectivity index (χ1n) is 5.16. The van der Waals surface area contributed by atoms with E-state index in [9.17, 15) is 8.78 Å². The fourth-order valence-electron chi connectivity index (χ4n) is 1.74. The Labute approximate surface area is 102 Å². The summed E-state index contributed by atoms with van der Waals surface area (Å²) in [5.74, 6) is -1.12. The lowest BCUT2D eigenvalue weighted by Gasteiger charge is -2.15. The Morgan fingerprint density at radius 2 is 1.94 bits per heavy atom. The van der Waals surface area contributed by atoms with Gasteiger partial charge in [0.25, 0.3) is 0 Å². The average molecular weight is 254 g/mol. The van der Waals surface area contributed by atoms with Crippen molar-refractivity contribution in [1.82, 2.24) is 10.3 Å². The van der Waals surface area contributed by atoms with E-state index >= 15 is 0 Å². The molecule has 2 rings (SSSR count). The number of hydrogen-bond acceptors (Lipinski definition) is 3. The van der Waals surface area contributed by atoms with Gasteiger partial charge in [-0.2, -0.15) is 0 Å². The minimum Gasteiger partial charge on any atom is -0.308 e. The molecule has 1 unspecified atom stereocenters. The molecule has 5 heteroatoms. The molecule has 2 nitrogen and oxygen atoms in total. The van der Waals surface area contributed by atoms with Crippen molar-refractivity contribution >= 4 is 11.3 Å². The van der Waals surface area contributed by atoms with E-state index in [0.717, 1.165) is 5.01 Å². The molecule has 0 amide bonds. The first kappa shape index (κ1) is 12.1. The fraction of sp³-hybridized carbons (Fsp3) is 0.250. The number of nitrogens with zero attached hydrogens (tertiary/aromatic N) is 1. The summed E-state index contributed by atoms with van der Waals surface area (Å²) < 4.78 is 27.4. The van der Waals surface area contributed by atoms with Gasteiger partial charge >= 0.3 is 0 Å². The molecule has 1 atom stereocenters. The highest BCUT2D eigenvalue weighted by Gasteiger charge is 2.22. The van der Waals surface area contributed by atoms with Crippen molar-refractivity contribution in [2.24, 2.45) is 0 Å². The Balaban J connectivity index is 2.49. The summed E-state index contributed by atoms with van der Waals surface area (Å²) in [4.78, 5) is 4.26. The standard InChI is InChI=1S/C12H12F2N2S/c1-7-16-10(6-17-7)12(15-2)11-8(13)4-3-5-9(11)14/h3-6,12,15H,1-2H3. The van der Waals surface area contributed by atoms with Crippen LogP contribution in [0.5, 0.6) is 0 Å². The lowest BCUT2D eigenvalue weighted by atomic mass is 10.0. The molecular weight excluding hydrogens is 242 g/mol. The average Bonchev–Trinajstić information content (AvgIpc) is 2.70. The van der Waals surface area contributed by atoms with Gasteiger partial charge in [0.15, 0.2) is 0 Å². The molecule has 90 valence electrons. The van der Waals surface area contributed by atoms with Crippen molar-refractivity contribution in [1.29, 1.82) is 0 Å². The van der Waals surface area contributed by atoms with Crippen LogP contribution in [-0.4, -0.2) is 12.0 Å². The van der Waals surface area contributed by atoms with Gasteiger partial charge in [0.2, 0.25) is 0 Å². The molecular formula is C12H12F2N2S. The third-order valence-corrected chi connectivity index (χ3v) is 3.30. The van der Waals surface area contributed by atoms with Gasteiger partial charge in [-0.3, -0.25) is 0 Å². The van der Waals surface area contributed by atoms with Crippen LogP contribution in [0.25, 0.3) is 0 Å². The molecule has 1 aromatic carbocycles. The third-order valence-electron chi connectivity index (χ3n) is 2.51. The molecule has 0 radical (unpaired) electrons. The molecule has 0 aliphatic rings. The van der Waals surface area contributed by atoms with Gasteiger partial charge in [0.05, 0.1) is 16.7 Å². The number of halogens is 2. The van der Waals surface area contributed by atoms with E-state index in [4.69, 9.17) is 0 Å². The summed E-state index contributed by atoms with van der Waals surface area (Å²) in [7, 11) is 1.66. The molecule has 17 heavy (non-hydrogen) atoms. The number of thiazole rings is 1. The quantitative estimate of drug-likeness (QED) is 0.910. The highest BCUT2D eigenvalue weighted by Crippen LogP contribution is 2.27. The van der Waals surface area contributed by atoms with E-state index in [1.807, 2.05) is 12.3 Å². The largest absolute Gasteiger partial charge is 0.308 e. The first-order chi connectivity index (χ1) is 8.13. The summed E-state index contributed by atoms with van der Waals surface area (Å²) in [6.45, 7) is 1.86. The van der Waals surface area contributed by atoms with E-state index < -0.39 is 17.7 Å². The minimum atomic E-state index is -0.560. The fourth-order valence-corrected chi connectivity index (χ4v) is 2.38. The zero-order valence-corrected chi connectivity index (χ0v) is 10.3. The van der Waals surface area contributed by atoms with Crippen molar-refractivity contribution in [2.45, 2.75) is 13.0 Å². The smallest absolute Gasteiger partial charge is 0.131 e. The molecule has 1 N–H and O–H groups in total. The minimum absolute atomic E-state index is 0.0142. The summed E-state index contributed by atoms with van der Waals surface area (Å²) in [5.41, 5.74) is 0.652. The van der Waals surface area contributed by atoms with Gasteiger partial charge in [-0.1, -0.05) is 6.07 Å². The SMILES string of the molecule is CNC(c1csc(C)n1)c1c(F)cccc1F. The van der Waals surface area contributed by atoms with E-state index in [-0.39, 0.29) is 5.56 Å². The Morgan fingerprint density at radius 1 is 1.29 bits per heavy atom. The second kappa shape index (κ2) is 4.89. The Hall–Kier alpha value is -1.33. The second-order valence-electron chi connectivity index (χ2n) is 3.65. The number of aryl methyl sites for hydroxylation is 1. The van der Waals surface area contributed by atoms with Gasteiger partial charge in [0.1, 0.15) is 11.6 Å². The predicted octanol–water partition coefficient (Wildman–Crippen LogP) is 3.04. The van der Waals surface area contributed by atoms with Crippen molar-refractivity contribution in [3.8, 4) is 0 Å². The maximum atomic E-state index is 13.7. The third kappa shape index (κ3) is 2.35. The zero-order chi connectivity index (χ0) is 12.4. The molecule has 0 saturated carbocycles. The van der Waals surface area contributed by atoms with Gasteiger partial charge in [-0.05, 0) is 26.1 Å². The van der Waals surface area contributed by atoms with Crippen LogP contribution >= 0.6 is 11.3 Å². The van der Waals surface area contributed by atoms with Crippen molar-refractivity contribution in [2.75, 3.05) is 7.05 Å². The lowest BCUT2D eigenvalue weighted by Crippen LogP contribution is -2.20. The zero-order valence-electron chi connectivity index (χ0n) is 9.50. The van der Waals surface area contributed by atoms with Crippen LogP contribution in [0.2, 0.25) is 0 Å². The van der Waals surface area contributed by atoms with E-state index in [2.05, 4.69) is 10.3 Å². The topological polar surface area (TPSA) is 24.9 Å². The van der Waals surface area contributed by atoms with Crippen LogP contribution in [0.3, 0.4) is 0 Å². The van der Waals surface area contributed by atoms with Crippen LogP contribution in [0.1, 0.15) is 22.3 Å². The highest BCUT2D eigenvalue weighted by molar-refractivity contribution is 7.09. The Kier molecular flexibility index (Phi) is 3.49. The molecule has 1 aromatic heterocycles. The van der Waals surface area contributed by atoms with Gasteiger partial charge in [0, 0.05) is 10.9 Å². The van der Waals surface area contributed by atoms with Gasteiger partial charge < -0.3 is 5.32 Å². The van der Waals surface area contributed by atoms with Crippen molar-refractivity contribution in [3.63, 3.8) is 0 Å². The normalized spacial score (nSPS) is 12.7. The van der Waals surface area contributed by atoms with Crippen LogP contribution < -0.4 is 5.32 Å². The monoisotopic (exact) mass is 254 g/mol. The number of benzene rings is 1. The summed E-state index contributed by atoms with van der Waals surface area (Å²) >= 11 is 1.46. The van der Waals surface area contributed by atoms with Crippen LogP contribution in [0.15, 0.2) is 23.6 Å². The molecule has 1 heterocycles. The van der Waals surface area contributed by atoms with E-state index in [1.54, 1.807) is 7.05 Å². The van der Waals surface area contributed by atoms with Crippen molar-refractivity contribution < 1.29 is 8.78 Å². The summed E-state index contributed by atoms with van der Waals surface area (Å²) in [6, 6.07) is 3.30. The number of nitrogens with one attached hydrogen (secondary N) is 1. The Morgan fingerprint density at radius 3 is 2.41 bits per heavy atom. The number of hydrogen-bond donors (Lipinski definition) is 1. The maximum Gasteiger partial charge on any atom is 0.131 e. The number of aromatic nitrogens is 1. The molecule has 0 aliphatic heterocycles. The van der Waals surface area contributed by atoms with Gasteiger partial charge in [-0.25, -0.2) is 13.8 Å². The predicted molar refractivity (Wildman–Crippen MR) is 64.1 cm³/mol. The van der Waals surface area contributed by atoms with Crippen molar-refractivity contribution in [3.05, 3.63) is 51.5 Å². The first-order valence-corrected chi connectivity index (χ1v) is 6.04. The van der Waals surface area contributed by atoms with Crippen LogP contribution in [-0.2, 0) is 0 Å². The highest BCUT2D eigenvalue weighted by atomic mass is 32.1. The second-order valence-corrected chi connectivity index (χ2v) is 4.71. The number of rotatable bonds is 3.